The van der Waals surface area contributed by atoms with Gasteiger partial charge in [-0.15, -0.1) is 24.0 Å². The number of likely N-dealkylation sites (N-methyl/N-ethyl adjacent to an activating group) is 1. The van der Waals surface area contributed by atoms with Crippen LogP contribution >= 0.6 is 24.0 Å². The zero-order valence-corrected chi connectivity index (χ0v) is 20.7. The lowest BCUT2D eigenvalue weighted by Gasteiger charge is -2.27. The number of halogens is 1. The number of sulfone groups is 1. The first kappa shape index (κ1) is 26.6. The smallest absolute Gasteiger partial charge is 0.240 e. The Morgan fingerprint density at radius 2 is 1.79 bits per heavy atom. The highest BCUT2D eigenvalue weighted by atomic mass is 127. The van der Waals surface area contributed by atoms with Crippen molar-refractivity contribution in [3.05, 3.63) is 30.3 Å². The monoisotopic (exact) mass is 524 g/mol. The Bertz CT molecular complexity index is 746. The number of aliphatic imine (C=N–C) groups is 1. The standard InChI is InChI=1S/C19H32N4O3S.HI/c1-7-15(14-27(25,26)16-11-9-8-10-12-16)21-18(20-5)23(6)13-17(24)22-19(2,3)4;/h8-12,15H,7,13-14H2,1-6H3,(H,20,21)(H,22,24);1H. The van der Waals surface area contributed by atoms with E-state index in [9.17, 15) is 13.2 Å². The molecule has 0 saturated heterocycles. The summed E-state index contributed by atoms with van der Waals surface area (Å²) in [4.78, 5) is 18.3. The van der Waals surface area contributed by atoms with Gasteiger partial charge in [-0.05, 0) is 39.3 Å². The molecule has 0 aromatic heterocycles. The number of nitrogens with zero attached hydrogens (tertiary/aromatic N) is 2. The summed E-state index contributed by atoms with van der Waals surface area (Å²) in [5.74, 6) is 0.307. The normalized spacial score (nSPS) is 13.3. The minimum atomic E-state index is -3.41. The summed E-state index contributed by atoms with van der Waals surface area (Å²) < 4.78 is 25.2. The van der Waals surface area contributed by atoms with Gasteiger partial charge in [-0.1, -0.05) is 25.1 Å². The molecule has 1 rings (SSSR count). The summed E-state index contributed by atoms with van der Waals surface area (Å²) in [7, 11) is -0.0575. The number of rotatable bonds is 7. The molecule has 2 N–H and O–H groups in total. The summed E-state index contributed by atoms with van der Waals surface area (Å²) in [6, 6.07) is 8.08. The number of amides is 1. The fraction of sp³-hybridized carbons (Fsp3) is 0.579. The van der Waals surface area contributed by atoms with Crippen molar-refractivity contribution >= 4 is 45.7 Å². The summed E-state index contributed by atoms with van der Waals surface area (Å²) in [5, 5.41) is 6.06. The molecule has 1 unspecified atom stereocenters. The fourth-order valence-electron chi connectivity index (χ4n) is 2.53. The van der Waals surface area contributed by atoms with Crippen molar-refractivity contribution in [1.29, 1.82) is 0 Å². The third-order valence-electron chi connectivity index (χ3n) is 3.82. The van der Waals surface area contributed by atoms with Crippen LogP contribution in [0.5, 0.6) is 0 Å². The van der Waals surface area contributed by atoms with Gasteiger partial charge in [0.2, 0.25) is 5.91 Å². The van der Waals surface area contributed by atoms with Gasteiger partial charge in [0, 0.05) is 25.7 Å². The van der Waals surface area contributed by atoms with Gasteiger partial charge < -0.3 is 15.5 Å². The SMILES string of the molecule is CCC(CS(=O)(=O)c1ccccc1)NC(=NC)N(C)CC(=O)NC(C)(C)C.I. The maximum atomic E-state index is 12.6. The van der Waals surface area contributed by atoms with Crippen LogP contribution in [0.4, 0.5) is 0 Å². The number of benzene rings is 1. The molecular formula is C19H33IN4O3S. The van der Waals surface area contributed by atoms with Crippen LogP contribution in [0.3, 0.4) is 0 Å². The number of nitrogens with one attached hydrogen (secondary N) is 2. The van der Waals surface area contributed by atoms with Crippen molar-refractivity contribution in [2.24, 2.45) is 4.99 Å². The first-order chi connectivity index (χ1) is 12.5. The van der Waals surface area contributed by atoms with Gasteiger partial charge in [0.25, 0.3) is 0 Å². The predicted octanol–water partition coefficient (Wildman–Crippen LogP) is 2.28. The molecule has 28 heavy (non-hydrogen) atoms. The van der Waals surface area contributed by atoms with E-state index in [0.29, 0.717) is 17.3 Å². The second kappa shape index (κ2) is 11.6. The lowest BCUT2D eigenvalue weighted by molar-refractivity contribution is -0.122. The quantitative estimate of drug-likeness (QED) is 0.325. The number of carbonyl (C=O) groups is 1. The minimum absolute atomic E-state index is 0. The molecule has 0 spiro atoms. The molecule has 0 saturated carbocycles. The number of carbonyl (C=O) groups excluding carboxylic acids is 1. The van der Waals surface area contributed by atoms with Crippen LogP contribution in [-0.4, -0.2) is 63.2 Å². The average Bonchev–Trinajstić information content (AvgIpc) is 2.57. The van der Waals surface area contributed by atoms with Gasteiger partial charge in [-0.3, -0.25) is 9.79 Å². The summed E-state index contributed by atoms with van der Waals surface area (Å²) in [5.41, 5.74) is -0.315. The van der Waals surface area contributed by atoms with Gasteiger partial charge in [-0.2, -0.15) is 0 Å². The first-order valence-electron chi connectivity index (χ1n) is 9.01. The largest absolute Gasteiger partial charge is 0.352 e. The highest BCUT2D eigenvalue weighted by Gasteiger charge is 2.23. The molecule has 0 bridgehead atoms. The Morgan fingerprint density at radius 3 is 2.25 bits per heavy atom. The molecule has 9 heteroatoms. The molecule has 160 valence electrons. The van der Waals surface area contributed by atoms with E-state index >= 15 is 0 Å². The summed E-state index contributed by atoms with van der Waals surface area (Å²) >= 11 is 0. The van der Waals surface area contributed by atoms with Crippen molar-refractivity contribution in [2.45, 2.75) is 50.6 Å². The Morgan fingerprint density at radius 1 is 1.21 bits per heavy atom. The molecule has 7 nitrogen and oxygen atoms in total. The van der Waals surface area contributed by atoms with Crippen LogP contribution < -0.4 is 10.6 Å². The lowest BCUT2D eigenvalue weighted by Crippen LogP contribution is -2.51. The maximum Gasteiger partial charge on any atom is 0.240 e. The van der Waals surface area contributed by atoms with Crippen LogP contribution in [0.1, 0.15) is 34.1 Å². The lowest BCUT2D eigenvalue weighted by atomic mass is 10.1. The van der Waals surface area contributed by atoms with Crippen LogP contribution in [0, 0.1) is 0 Å². The van der Waals surface area contributed by atoms with Crippen LogP contribution in [0.25, 0.3) is 0 Å². The van der Waals surface area contributed by atoms with Crippen LogP contribution in [-0.2, 0) is 14.6 Å². The van der Waals surface area contributed by atoms with Gasteiger partial charge in [-0.25, -0.2) is 8.42 Å². The molecule has 0 aliphatic rings. The summed E-state index contributed by atoms with van der Waals surface area (Å²) in [6.07, 6.45) is 0.604. The molecule has 0 aliphatic carbocycles. The van der Waals surface area contributed by atoms with Crippen LogP contribution in [0.2, 0.25) is 0 Å². The van der Waals surface area contributed by atoms with Crippen molar-refractivity contribution in [2.75, 3.05) is 26.4 Å². The van der Waals surface area contributed by atoms with E-state index in [2.05, 4.69) is 15.6 Å². The van der Waals surface area contributed by atoms with Crippen molar-refractivity contribution in [1.82, 2.24) is 15.5 Å². The van der Waals surface area contributed by atoms with Gasteiger partial charge in [0.1, 0.15) is 0 Å². The second-order valence-corrected chi connectivity index (χ2v) is 9.58. The van der Waals surface area contributed by atoms with Crippen molar-refractivity contribution in [3.8, 4) is 0 Å². The van der Waals surface area contributed by atoms with E-state index in [1.54, 1.807) is 49.3 Å². The molecule has 1 amide bonds. The molecule has 1 aromatic rings. The highest BCUT2D eigenvalue weighted by molar-refractivity contribution is 14.0. The van der Waals surface area contributed by atoms with Crippen molar-refractivity contribution in [3.63, 3.8) is 0 Å². The van der Waals surface area contributed by atoms with E-state index in [0.717, 1.165) is 0 Å². The average molecular weight is 524 g/mol. The molecule has 1 aromatic carbocycles. The Hall–Kier alpha value is -1.36. The zero-order valence-electron chi connectivity index (χ0n) is 17.5. The Kier molecular flexibility index (Phi) is 11.0. The highest BCUT2D eigenvalue weighted by Crippen LogP contribution is 2.12. The second-order valence-electron chi connectivity index (χ2n) is 7.55. The van der Waals surface area contributed by atoms with E-state index in [1.807, 2.05) is 27.7 Å². The van der Waals surface area contributed by atoms with Gasteiger partial charge in [0.15, 0.2) is 15.8 Å². The molecule has 0 aliphatic heterocycles. The van der Waals surface area contributed by atoms with E-state index in [-0.39, 0.29) is 53.8 Å². The van der Waals surface area contributed by atoms with Gasteiger partial charge in [0.05, 0.1) is 17.2 Å². The number of hydrogen-bond donors (Lipinski definition) is 2. The molecular weight excluding hydrogens is 491 g/mol. The zero-order chi connectivity index (χ0) is 20.7. The molecule has 0 fully saturated rings. The third kappa shape index (κ3) is 9.22. The number of hydrogen-bond acceptors (Lipinski definition) is 4. The topological polar surface area (TPSA) is 90.9 Å². The van der Waals surface area contributed by atoms with E-state index in [4.69, 9.17) is 0 Å². The summed E-state index contributed by atoms with van der Waals surface area (Å²) in [6.45, 7) is 7.79. The molecule has 0 radical (unpaired) electrons. The minimum Gasteiger partial charge on any atom is -0.352 e. The van der Waals surface area contributed by atoms with Gasteiger partial charge >= 0.3 is 0 Å². The maximum absolute atomic E-state index is 12.6. The predicted molar refractivity (Wildman–Crippen MR) is 125 cm³/mol. The van der Waals surface area contributed by atoms with Crippen molar-refractivity contribution < 1.29 is 13.2 Å². The third-order valence-corrected chi connectivity index (χ3v) is 5.65. The van der Waals surface area contributed by atoms with E-state index < -0.39 is 9.84 Å². The fourth-order valence-corrected chi connectivity index (χ4v) is 4.14. The van der Waals surface area contributed by atoms with E-state index in [1.165, 1.54) is 0 Å². The molecule has 0 heterocycles. The number of guanidine groups is 1. The molecule has 1 atom stereocenters. The first-order valence-corrected chi connectivity index (χ1v) is 10.7. The van der Waals surface area contributed by atoms with Crippen LogP contribution in [0.15, 0.2) is 40.2 Å². The Labute approximate surface area is 186 Å². The Balaban J connectivity index is 0.00000729.